The fourth-order valence-electron chi connectivity index (χ4n) is 5.75. The van der Waals surface area contributed by atoms with Gasteiger partial charge in [-0.15, -0.1) is 0 Å². The summed E-state index contributed by atoms with van der Waals surface area (Å²) in [5.74, 6) is 1.86. The van der Waals surface area contributed by atoms with Gasteiger partial charge in [-0.05, 0) is 140 Å². The highest BCUT2D eigenvalue weighted by Crippen LogP contribution is 2.40. The first-order chi connectivity index (χ1) is 19.0. The maximum absolute atomic E-state index is 6.40. The van der Waals surface area contributed by atoms with Crippen LogP contribution in [0.3, 0.4) is 0 Å². The molecule has 2 fully saturated rings. The minimum Gasteiger partial charge on any atom is -0.493 e. The van der Waals surface area contributed by atoms with Gasteiger partial charge in [0.1, 0.15) is 11.5 Å². The minimum absolute atomic E-state index is 0.285. The second kappa shape index (κ2) is 10.8. The lowest BCUT2D eigenvalue weighted by Gasteiger charge is -2.32. The second-order valence-electron chi connectivity index (χ2n) is 13.7. The average Bonchev–Trinajstić information content (AvgIpc) is 3.26. The van der Waals surface area contributed by atoms with Crippen molar-refractivity contribution in [3.63, 3.8) is 0 Å². The van der Waals surface area contributed by atoms with E-state index in [4.69, 9.17) is 39.7 Å². The van der Waals surface area contributed by atoms with Crippen molar-refractivity contribution < 1.29 is 28.1 Å². The molecule has 41 heavy (non-hydrogen) atoms. The summed E-state index contributed by atoms with van der Waals surface area (Å²) < 4.78 is 36.1. The summed E-state index contributed by atoms with van der Waals surface area (Å²) in [6.07, 6.45) is 4.18. The van der Waals surface area contributed by atoms with Gasteiger partial charge in [-0.2, -0.15) is 0 Å². The van der Waals surface area contributed by atoms with E-state index in [2.05, 4.69) is 81.4 Å². The quantitative estimate of drug-likeness (QED) is 0.412. The Bertz CT molecular complexity index is 1290. The SMILES string of the molecule is Cc1c(B2OC(C)(C)C(C)(C)O2)cc(Cl)c2c1CCCO2.Cc1c(B2OC(C)(C)C(C)(C)O2)ccc2c1CCCO2. The van der Waals surface area contributed by atoms with Gasteiger partial charge in [0, 0.05) is 0 Å². The molecule has 0 aromatic heterocycles. The maximum Gasteiger partial charge on any atom is 0.495 e. The molecule has 0 radical (unpaired) electrons. The van der Waals surface area contributed by atoms with E-state index < -0.39 is 0 Å². The predicted molar refractivity (Wildman–Crippen MR) is 166 cm³/mol. The molecule has 0 atom stereocenters. The molecule has 2 saturated heterocycles. The number of hydrogen-bond acceptors (Lipinski definition) is 6. The monoisotopic (exact) mass is 582 g/mol. The molecular formula is C32H45B2ClO6. The first-order valence-corrected chi connectivity index (χ1v) is 15.3. The van der Waals surface area contributed by atoms with E-state index in [0.717, 1.165) is 61.3 Å². The van der Waals surface area contributed by atoms with Gasteiger partial charge in [-0.25, -0.2) is 0 Å². The van der Waals surface area contributed by atoms with E-state index in [1.54, 1.807) is 0 Å². The number of fused-ring (bicyclic) bond motifs is 2. The largest absolute Gasteiger partial charge is 0.495 e. The van der Waals surface area contributed by atoms with Gasteiger partial charge in [0.25, 0.3) is 0 Å². The fraction of sp³-hybridized carbons (Fsp3) is 0.625. The van der Waals surface area contributed by atoms with E-state index in [1.165, 1.54) is 22.3 Å². The zero-order valence-electron chi connectivity index (χ0n) is 26.5. The molecule has 2 aromatic carbocycles. The number of benzene rings is 2. The highest BCUT2D eigenvalue weighted by Gasteiger charge is 2.53. The van der Waals surface area contributed by atoms with E-state index in [-0.39, 0.29) is 36.6 Å². The van der Waals surface area contributed by atoms with E-state index >= 15 is 0 Å². The Hall–Kier alpha value is -1.70. The van der Waals surface area contributed by atoms with Crippen molar-refractivity contribution in [2.24, 2.45) is 0 Å². The molecule has 0 saturated carbocycles. The Labute approximate surface area is 252 Å². The topological polar surface area (TPSA) is 55.4 Å². The third-order valence-corrected chi connectivity index (χ3v) is 10.2. The molecule has 4 aliphatic rings. The molecule has 4 heterocycles. The lowest BCUT2D eigenvalue weighted by Crippen LogP contribution is -2.41. The van der Waals surface area contributed by atoms with Crippen molar-refractivity contribution in [2.45, 2.75) is 117 Å². The lowest BCUT2D eigenvalue weighted by atomic mass is 9.74. The van der Waals surface area contributed by atoms with Crippen molar-refractivity contribution in [1.29, 1.82) is 0 Å². The molecule has 0 N–H and O–H groups in total. The van der Waals surface area contributed by atoms with Crippen molar-refractivity contribution >= 4 is 36.8 Å². The highest BCUT2D eigenvalue weighted by molar-refractivity contribution is 6.63. The lowest BCUT2D eigenvalue weighted by molar-refractivity contribution is 0.00578. The van der Waals surface area contributed by atoms with E-state index in [0.29, 0.717) is 5.02 Å². The van der Waals surface area contributed by atoms with Crippen LogP contribution in [0.1, 0.15) is 90.5 Å². The van der Waals surface area contributed by atoms with Gasteiger partial charge in [-0.3, -0.25) is 0 Å². The summed E-state index contributed by atoms with van der Waals surface area (Å²) in [5.41, 5.74) is 5.80. The zero-order chi connectivity index (χ0) is 30.0. The van der Waals surface area contributed by atoms with Gasteiger partial charge in [-0.1, -0.05) is 17.7 Å². The van der Waals surface area contributed by atoms with E-state index in [9.17, 15) is 0 Å². The summed E-state index contributed by atoms with van der Waals surface area (Å²) in [7, 11) is -0.660. The van der Waals surface area contributed by atoms with Gasteiger partial charge < -0.3 is 28.1 Å². The summed E-state index contributed by atoms with van der Waals surface area (Å²) in [6.45, 7) is 22.4. The van der Waals surface area contributed by atoms with Crippen LogP contribution < -0.4 is 20.4 Å². The molecule has 0 bridgehead atoms. The Morgan fingerprint density at radius 3 is 1.66 bits per heavy atom. The van der Waals surface area contributed by atoms with Crippen molar-refractivity contribution in [3.8, 4) is 11.5 Å². The van der Waals surface area contributed by atoms with Crippen LogP contribution in [0.15, 0.2) is 18.2 Å². The van der Waals surface area contributed by atoms with Crippen LogP contribution in [0, 0.1) is 13.8 Å². The third kappa shape index (κ3) is 5.56. The molecule has 0 spiro atoms. The Morgan fingerprint density at radius 1 is 0.634 bits per heavy atom. The van der Waals surface area contributed by atoms with E-state index in [1.807, 2.05) is 6.07 Å². The molecule has 0 amide bonds. The first kappa shape index (κ1) is 30.7. The molecule has 6 nitrogen and oxygen atoms in total. The molecule has 0 aliphatic carbocycles. The number of halogens is 1. The molecule has 0 unspecified atom stereocenters. The average molecular weight is 583 g/mol. The Balaban J connectivity index is 0.000000165. The maximum atomic E-state index is 6.40. The number of rotatable bonds is 2. The second-order valence-corrected chi connectivity index (χ2v) is 14.1. The minimum atomic E-state index is -0.375. The van der Waals surface area contributed by atoms with Gasteiger partial charge >= 0.3 is 14.2 Å². The van der Waals surface area contributed by atoms with Crippen LogP contribution in [0.2, 0.25) is 5.02 Å². The highest BCUT2D eigenvalue weighted by atomic mass is 35.5. The zero-order valence-corrected chi connectivity index (χ0v) is 27.2. The standard InChI is InChI=1S/C16H22BClO3.C16H23BO3/c1-10-11-7-6-8-19-14(11)13(18)9-12(10)17-20-15(2,3)16(4,5)21-17;1-11-12-7-6-10-18-14(12)9-8-13(11)17-19-15(2,3)16(4,5)20-17/h9H,6-8H2,1-5H3;8-9H,6-7,10H2,1-5H3. The van der Waals surface area contributed by atoms with Crippen LogP contribution in [-0.4, -0.2) is 49.9 Å². The van der Waals surface area contributed by atoms with Crippen LogP contribution in [0.4, 0.5) is 0 Å². The summed E-state index contributed by atoms with van der Waals surface area (Å²) in [6, 6.07) is 6.08. The third-order valence-electron chi connectivity index (χ3n) is 9.92. The van der Waals surface area contributed by atoms with Gasteiger partial charge in [0.15, 0.2) is 0 Å². The van der Waals surface area contributed by atoms with Crippen LogP contribution in [0.5, 0.6) is 11.5 Å². The molecule has 6 rings (SSSR count). The van der Waals surface area contributed by atoms with Crippen LogP contribution in [0.25, 0.3) is 0 Å². The van der Waals surface area contributed by atoms with Crippen LogP contribution >= 0.6 is 11.6 Å². The van der Waals surface area contributed by atoms with Gasteiger partial charge in [0.2, 0.25) is 0 Å². The Kier molecular flexibility index (Phi) is 8.09. The van der Waals surface area contributed by atoms with Crippen molar-refractivity contribution in [1.82, 2.24) is 0 Å². The van der Waals surface area contributed by atoms with Crippen LogP contribution in [-0.2, 0) is 31.5 Å². The molecular weight excluding hydrogens is 537 g/mol. The first-order valence-electron chi connectivity index (χ1n) is 15.0. The number of ether oxygens (including phenoxy) is 2. The molecule has 4 aliphatic heterocycles. The van der Waals surface area contributed by atoms with Gasteiger partial charge in [0.05, 0.1) is 40.6 Å². The Morgan fingerprint density at radius 2 is 1.10 bits per heavy atom. The molecule has 2 aromatic rings. The van der Waals surface area contributed by atoms with Crippen molar-refractivity contribution in [2.75, 3.05) is 13.2 Å². The number of hydrogen-bond donors (Lipinski definition) is 0. The fourth-order valence-corrected chi connectivity index (χ4v) is 6.03. The molecule has 9 heteroatoms. The summed E-state index contributed by atoms with van der Waals surface area (Å²) in [4.78, 5) is 0. The smallest absolute Gasteiger partial charge is 0.493 e. The normalized spacial score (nSPS) is 23.1. The van der Waals surface area contributed by atoms with Crippen molar-refractivity contribution in [3.05, 3.63) is 45.5 Å². The predicted octanol–water partition coefficient (Wildman–Crippen LogP) is 5.89. The summed E-state index contributed by atoms with van der Waals surface area (Å²) in [5, 5.41) is 0.653. The molecule has 222 valence electrons. The summed E-state index contributed by atoms with van der Waals surface area (Å²) >= 11 is 6.40.